The summed E-state index contributed by atoms with van der Waals surface area (Å²) < 4.78 is 5.02. The lowest BCUT2D eigenvalue weighted by Gasteiger charge is -2.07. The minimum atomic E-state index is -1.11. The fraction of sp³-hybridized carbons (Fsp3) is 0.105. The van der Waals surface area contributed by atoms with Crippen LogP contribution in [0.3, 0.4) is 0 Å². The summed E-state index contributed by atoms with van der Waals surface area (Å²) in [7, 11) is 1.51. The maximum Gasteiger partial charge on any atom is 0.339 e. The van der Waals surface area contributed by atoms with Crippen LogP contribution in [0.2, 0.25) is 0 Å². The van der Waals surface area contributed by atoms with E-state index in [0.717, 1.165) is 16.9 Å². The lowest BCUT2D eigenvalue weighted by atomic mass is 10.1. The van der Waals surface area contributed by atoms with Crippen molar-refractivity contribution in [3.8, 4) is 17.0 Å². The zero-order valence-corrected chi connectivity index (χ0v) is 15.0. The number of aryl methyl sites for hydroxylation is 1. The molecule has 0 unspecified atom stereocenters. The molecule has 7 heteroatoms. The Morgan fingerprint density at radius 2 is 2.04 bits per heavy atom. The SMILES string of the molecule is COc1ccc(-c2csc(NC(=O)c3cccc(C)c3)c2C(=O)O)cn1. The van der Waals surface area contributed by atoms with Crippen LogP contribution in [0.4, 0.5) is 5.00 Å². The van der Waals surface area contributed by atoms with Gasteiger partial charge in [0.1, 0.15) is 10.6 Å². The second-order valence-electron chi connectivity index (χ2n) is 5.57. The summed E-state index contributed by atoms with van der Waals surface area (Å²) in [5.74, 6) is -1.03. The van der Waals surface area contributed by atoms with E-state index in [4.69, 9.17) is 4.74 Å². The summed E-state index contributed by atoms with van der Waals surface area (Å²) in [6.07, 6.45) is 1.54. The van der Waals surface area contributed by atoms with Crippen molar-refractivity contribution in [3.63, 3.8) is 0 Å². The molecule has 2 aromatic heterocycles. The van der Waals surface area contributed by atoms with Crippen LogP contribution >= 0.6 is 11.3 Å². The van der Waals surface area contributed by atoms with E-state index >= 15 is 0 Å². The predicted octanol–water partition coefficient (Wildman–Crippen LogP) is 4.08. The highest BCUT2D eigenvalue weighted by atomic mass is 32.1. The van der Waals surface area contributed by atoms with Crippen molar-refractivity contribution in [1.82, 2.24) is 4.98 Å². The maximum absolute atomic E-state index is 12.4. The third-order valence-electron chi connectivity index (χ3n) is 3.77. The molecule has 3 rings (SSSR count). The van der Waals surface area contributed by atoms with Gasteiger partial charge in [-0.1, -0.05) is 17.7 Å². The van der Waals surface area contributed by atoms with Crippen molar-refractivity contribution < 1.29 is 19.4 Å². The quantitative estimate of drug-likeness (QED) is 0.708. The summed E-state index contributed by atoms with van der Waals surface area (Å²) in [6, 6.07) is 10.5. The van der Waals surface area contributed by atoms with Crippen LogP contribution in [0, 0.1) is 6.92 Å². The smallest absolute Gasteiger partial charge is 0.339 e. The largest absolute Gasteiger partial charge is 0.481 e. The van der Waals surface area contributed by atoms with Gasteiger partial charge in [0.15, 0.2) is 0 Å². The molecule has 0 atom stereocenters. The molecule has 0 fully saturated rings. The van der Waals surface area contributed by atoms with E-state index in [-0.39, 0.29) is 16.5 Å². The number of methoxy groups -OCH3 is 1. The zero-order chi connectivity index (χ0) is 18.7. The number of ether oxygens (including phenoxy) is 1. The number of rotatable bonds is 5. The molecule has 2 N–H and O–H groups in total. The van der Waals surface area contributed by atoms with Gasteiger partial charge >= 0.3 is 5.97 Å². The Morgan fingerprint density at radius 3 is 2.65 bits per heavy atom. The van der Waals surface area contributed by atoms with Gasteiger partial charge in [0.2, 0.25) is 5.88 Å². The van der Waals surface area contributed by atoms with E-state index in [2.05, 4.69) is 10.3 Å². The standard InChI is InChI=1S/C19H16N2O4S/c1-11-4-3-5-12(8-11)17(22)21-18-16(19(23)24)14(10-26-18)13-6-7-15(25-2)20-9-13/h3-10H,1-2H3,(H,21,22)(H,23,24). The maximum atomic E-state index is 12.4. The minimum Gasteiger partial charge on any atom is -0.481 e. The van der Waals surface area contributed by atoms with E-state index < -0.39 is 5.97 Å². The van der Waals surface area contributed by atoms with Gasteiger partial charge in [0, 0.05) is 34.3 Å². The number of pyridine rings is 1. The molecule has 1 aromatic carbocycles. The second kappa shape index (κ2) is 7.37. The van der Waals surface area contributed by atoms with Gasteiger partial charge in [-0.05, 0) is 25.1 Å². The van der Waals surface area contributed by atoms with Crippen molar-refractivity contribution in [2.75, 3.05) is 12.4 Å². The van der Waals surface area contributed by atoms with Crippen LogP contribution in [0.5, 0.6) is 5.88 Å². The molecule has 0 saturated heterocycles. The van der Waals surface area contributed by atoms with Crippen LogP contribution in [0.1, 0.15) is 26.3 Å². The topological polar surface area (TPSA) is 88.5 Å². The number of hydrogen-bond donors (Lipinski definition) is 2. The Morgan fingerprint density at radius 1 is 1.23 bits per heavy atom. The first-order chi connectivity index (χ1) is 12.5. The number of carboxylic acids is 1. The summed E-state index contributed by atoms with van der Waals surface area (Å²) in [4.78, 5) is 28.3. The third-order valence-corrected chi connectivity index (χ3v) is 4.66. The number of anilines is 1. The van der Waals surface area contributed by atoms with Gasteiger partial charge in [-0.2, -0.15) is 0 Å². The van der Waals surface area contributed by atoms with E-state index in [1.807, 2.05) is 13.0 Å². The molecular formula is C19H16N2O4S. The highest BCUT2D eigenvalue weighted by molar-refractivity contribution is 7.15. The normalized spacial score (nSPS) is 10.4. The van der Waals surface area contributed by atoms with Gasteiger partial charge in [-0.15, -0.1) is 11.3 Å². The molecule has 0 saturated carbocycles. The number of carbonyl (C=O) groups is 2. The Labute approximate surface area is 154 Å². The first-order valence-corrected chi connectivity index (χ1v) is 8.60. The van der Waals surface area contributed by atoms with Crippen LogP contribution in [-0.2, 0) is 0 Å². The average Bonchev–Trinajstić information content (AvgIpc) is 3.05. The molecule has 0 radical (unpaired) electrons. The number of carbonyl (C=O) groups excluding carboxylic acids is 1. The molecule has 2 heterocycles. The molecule has 1 amide bonds. The van der Waals surface area contributed by atoms with E-state index in [9.17, 15) is 14.7 Å². The van der Waals surface area contributed by atoms with E-state index in [1.165, 1.54) is 7.11 Å². The van der Waals surface area contributed by atoms with E-state index in [0.29, 0.717) is 22.6 Å². The Kier molecular flexibility index (Phi) is 4.99. The fourth-order valence-electron chi connectivity index (χ4n) is 2.50. The molecule has 0 bridgehead atoms. The monoisotopic (exact) mass is 368 g/mol. The van der Waals surface area contributed by atoms with Gasteiger partial charge in [-0.3, -0.25) is 4.79 Å². The number of nitrogens with one attached hydrogen (secondary N) is 1. The minimum absolute atomic E-state index is 0.0444. The predicted molar refractivity (Wildman–Crippen MR) is 100 cm³/mol. The summed E-state index contributed by atoms with van der Waals surface area (Å²) in [5, 5.41) is 14.3. The molecule has 132 valence electrons. The van der Waals surface area contributed by atoms with E-state index in [1.54, 1.807) is 41.9 Å². The van der Waals surface area contributed by atoms with Gasteiger partial charge < -0.3 is 15.2 Å². The average molecular weight is 368 g/mol. The number of aromatic carboxylic acids is 1. The van der Waals surface area contributed by atoms with Crippen molar-refractivity contribution in [2.45, 2.75) is 6.92 Å². The number of thiophene rings is 1. The number of amides is 1. The van der Waals surface area contributed by atoms with Gasteiger partial charge in [0.25, 0.3) is 5.91 Å². The van der Waals surface area contributed by atoms with Crippen LogP contribution in [-0.4, -0.2) is 29.1 Å². The Hall–Kier alpha value is -3.19. The highest BCUT2D eigenvalue weighted by Gasteiger charge is 2.21. The first kappa shape index (κ1) is 17.6. The van der Waals surface area contributed by atoms with Crippen molar-refractivity contribution in [1.29, 1.82) is 0 Å². The number of carboxylic acid groups (broad SMARTS) is 1. The molecular weight excluding hydrogens is 352 g/mol. The highest BCUT2D eigenvalue weighted by Crippen LogP contribution is 2.36. The lowest BCUT2D eigenvalue weighted by molar-refractivity contribution is 0.0699. The third kappa shape index (κ3) is 3.57. The van der Waals surface area contributed by atoms with Crippen molar-refractivity contribution in [3.05, 3.63) is 64.7 Å². The fourth-order valence-corrected chi connectivity index (χ4v) is 3.45. The van der Waals surface area contributed by atoms with Gasteiger partial charge in [0.05, 0.1) is 7.11 Å². The van der Waals surface area contributed by atoms with Gasteiger partial charge in [-0.25, -0.2) is 9.78 Å². The Balaban J connectivity index is 1.94. The number of nitrogens with zero attached hydrogens (tertiary/aromatic N) is 1. The summed E-state index contributed by atoms with van der Waals surface area (Å²) in [5.41, 5.74) is 2.60. The molecule has 0 aliphatic rings. The van der Waals surface area contributed by atoms with Crippen molar-refractivity contribution >= 4 is 28.2 Å². The van der Waals surface area contributed by atoms with Crippen LogP contribution in [0.25, 0.3) is 11.1 Å². The Bertz CT molecular complexity index is 964. The van der Waals surface area contributed by atoms with Crippen molar-refractivity contribution in [2.24, 2.45) is 0 Å². The number of benzene rings is 1. The van der Waals surface area contributed by atoms with Crippen LogP contribution < -0.4 is 10.1 Å². The first-order valence-electron chi connectivity index (χ1n) is 7.73. The summed E-state index contributed by atoms with van der Waals surface area (Å²) >= 11 is 1.16. The molecule has 0 aliphatic carbocycles. The second-order valence-corrected chi connectivity index (χ2v) is 6.45. The molecule has 6 nitrogen and oxygen atoms in total. The molecule has 0 spiro atoms. The number of aromatic nitrogens is 1. The molecule has 0 aliphatic heterocycles. The lowest BCUT2D eigenvalue weighted by Crippen LogP contribution is -2.13. The summed E-state index contributed by atoms with van der Waals surface area (Å²) in [6.45, 7) is 1.89. The molecule has 3 aromatic rings. The van der Waals surface area contributed by atoms with Crippen LogP contribution in [0.15, 0.2) is 48.0 Å². The molecule has 26 heavy (non-hydrogen) atoms. The zero-order valence-electron chi connectivity index (χ0n) is 14.1. The number of hydrogen-bond acceptors (Lipinski definition) is 5.